The highest BCUT2D eigenvalue weighted by Crippen LogP contribution is 2.05. The first-order valence-corrected chi connectivity index (χ1v) is 5.16. The Labute approximate surface area is 89.9 Å². The van der Waals surface area contributed by atoms with Gasteiger partial charge in [0, 0.05) is 0 Å². The number of carboxylic acid groups (broad SMARTS) is 1. The highest BCUT2D eigenvalue weighted by atomic mass is 16.5. The molecule has 0 aromatic heterocycles. The molecule has 0 heterocycles. The highest BCUT2D eigenvalue weighted by Gasteiger charge is 2.14. The van der Waals surface area contributed by atoms with Gasteiger partial charge in [-0.25, -0.2) is 0 Å². The maximum Gasteiger partial charge on any atom is 0.309 e. The molecule has 1 atom stereocenters. The number of aliphatic carboxylic acids is 1. The van der Waals surface area contributed by atoms with Crippen LogP contribution in [0.25, 0.3) is 0 Å². The van der Waals surface area contributed by atoms with Crippen LogP contribution in [0.3, 0.4) is 0 Å². The molecule has 4 heteroatoms. The van der Waals surface area contributed by atoms with Gasteiger partial charge in [-0.05, 0) is 12.8 Å². The number of hydrogen-bond donors (Lipinski definition) is 1. The molecule has 0 aliphatic rings. The molecule has 0 aromatic rings. The van der Waals surface area contributed by atoms with Crippen molar-refractivity contribution < 1.29 is 19.4 Å². The molecule has 0 aliphatic carbocycles. The topological polar surface area (TPSA) is 63.6 Å². The average Bonchev–Trinajstić information content (AvgIpc) is 2.16. The van der Waals surface area contributed by atoms with E-state index < -0.39 is 12.1 Å². The van der Waals surface area contributed by atoms with Crippen LogP contribution in [-0.2, 0) is 14.3 Å². The van der Waals surface area contributed by atoms with Gasteiger partial charge in [-0.1, -0.05) is 26.0 Å². The van der Waals surface area contributed by atoms with Crippen LogP contribution in [0.15, 0.2) is 12.2 Å². The molecule has 86 valence electrons. The molecule has 0 rings (SSSR count). The van der Waals surface area contributed by atoms with Crippen molar-refractivity contribution in [3.8, 4) is 0 Å². The van der Waals surface area contributed by atoms with E-state index in [-0.39, 0.29) is 18.8 Å². The zero-order valence-corrected chi connectivity index (χ0v) is 9.23. The fraction of sp³-hybridized carbons (Fsp3) is 0.636. The van der Waals surface area contributed by atoms with E-state index in [1.807, 2.05) is 13.0 Å². The number of carbonyl (C=O) groups is 2. The Balaban J connectivity index is 3.90. The van der Waals surface area contributed by atoms with Gasteiger partial charge in [0.2, 0.25) is 0 Å². The lowest BCUT2D eigenvalue weighted by molar-refractivity contribution is -0.152. The summed E-state index contributed by atoms with van der Waals surface area (Å²) in [5.74, 6) is -1.31. The molecule has 0 aromatic carbocycles. The molecule has 15 heavy (non-hydrogen) atoms. The smallest absolute Gasteiger partial charge is 0.309 e. The molecule has 1 N–H and O–H groups in total. The Morgan fingerprint density at radius 2 is 2.00 bits per heavy atom. The first-order chi connectivity index (χ1) is 7.10. The first kappa shape index (κ1) is 13.7. The molecule has 1 unspecified atom stereocenters. The van der Waals surface area contributed by atoms with E-state index in [4.69, 9.17) is 9.84 Å². The number of ether oxygens (including phenoxy) is 1. The predicted molar refractivity (Wildman–Crippen MR) is 56.5 cm³/mol. The summed E-state index contributed by atoms with van der Waals surface area (Å²) in [6.07, 6.45) is 4.58. The third-order valence-electron chi connectivity index (χ3n) is 1.84. The van der Waals surface area contributed by atoms with Crippen LogP contribution in [-0.4, -0.2) is 23.1 Å². The predicted octanol–water partition coefficient (Wildman–Crippen LogP) is 2.14. The second-order valence-corrected chi connectivity index (χ2v) is 3.20. The quantitative estimate of drug-likeness (QED) is 0.521. The number of hydrogen-bond acceptors (Lipinski definition) is 3. The molecular formula is C11H18O4. The van der Waals surface area contributed by atoms with Gasteiger partial charge in [-0.15, -0.1) is 0 Å². The summed E-state index contributed by atoms with van der Waals surface area (Å²) in [5.41, 5.74) is 0. The maximum absolute atomic E-state index is 11.2. The molecule has 0 bridgehead atoms. The Kier molecular flexibility index (Phi) is 7.32. The maximum atomic E-state index is 11.2. The van der Waals surface area contributed by atoms with E-state index in [2.05, 4.69) is 0 Å². The zero-order valence-electron chi connectivity index (χ0n) is 9.23. The Morgan fingerprint density at radius 3 is 2.47 bits per heavy atom. The lowest BCUT2D eigenvalue weighted by atomic mass is 10.2. The van der Waals surface area contributed by atoms with Gasteiger partial charge >= 0.3 is 11.9 Å². The van der Waals surface area contributed by atoms with Crippen molar-refractivity contribution >= 4 is 11.9 Å². The van der Waals surface area contributed by atoms with E-state index in [1.54, 1.807) is 13.0 Å². The summed E-state index contributed by atoms with van der Waals surface area (Å²) in [4.78, 5) is 21.6. The van der Waals surface area contributed by atoms with Crippen LogP contribution < -0.4 is 0 Å². The van der Waals surface area contributed by atoms with Crippen molar-refractivity contribution in [1.29, 1.82) is 0 Å². The van der Waals surface area contributed by atoms with E-state index >= 15 is 0 Å². The monoisotopic (exact) mass is 214 g/mol. The summed E-state index contributed by atoms with van der Waals surface area (Å²) in [5, 5.41) is 8.54. The SMILES string of the molecule is CC/C=C/CC(=O)OC(CC)CC(=O)O. The van der Waals surface area contributed by atoms with Gasteiger partial charge in [0.05, 0.1) is 12.8 Å². The minimum atomic E-state index is -0.946. The minimum Gasteiger partial charge on any atom is -0.481 e. The number of carbonyl (C=O) groups excluding carboxylic acids is 1. The molecule has 0 saturated carbocycles. The molecule has 0 aliphatic heterocycles. The second kappa shape index (κ2) is 8.03. The molecule has 0 amide bonds. The molecule has 0 radical (unpaired) electrons. The summed E-state index contributed by atoms with van der Waals surface area (Å²) < 4.78 is 4.99. The van der Waals surface area contributed by atoms with Crippen molar-refractivity contribution in [2.45, 2.75) is 45.6 Å². The Hall–Kier alpha value is -1.32. The van der Waals surface area contributed by atoms with Crippen molar-refractivity contribution in [3.63, 3.8) is 0 Å². The molecular weight excluding hydrogens is 196 g/mol. The van der Waals surface area contributed by atoms with E-state index in [0.29, 0.717) is 6.42 Å². The summed E-state index contributed by atoms with van der Waals surface area (Å²) in [7, 11) is 0. The molecule has 0 fully saturated rings. The van der Waals surface area contributed by atoms with Gasteiger partial charge in [0.1, 0.15) is 6.10 Å². The lowest BCUT2D eigenvalue weighted by Gasteiger charge is -2.12. The van der Waals surface area contributed by atoms with Crippen molar-refractivity contribution in [3.05, 3.63) is 12.2 Å². The van der Waals surface area contributed by atoms with Crippen LogP contribution in [0.5, 0.6) is 0 Å². The Bertz CT molecular complexity index is 233. The minimum absolute atomic E-state index is 0.125. The van der Waals surface area contributed by atoms with Gasteiger partial charge in [-0.2, -0.15) is 0 Å². The Morgan fingerprint density at radius 1 is 1.33 bits per heavy atom. The lowest BCUT2D eigenvalue weighted by Crippen LogP contribution is -2.20. The third kappa shape index (κ3) is 7.73. The van der Waals surface area contributed by atoms with Crippen molar-refractivity contribution in [2.24, 2.45) is 0 Å². The van der Waals surface area contributed by atoms with Gasteiger partial charge < -0.3 is 9.84 Å². The normalized spacial score (nSPS) is 12.7. The van der Waals surface area contributed by atoms with Crippen LogP contribution >= 0.6 is 0 Å². The van der Waals surface area contributed by atoms with E-state index in [0.717, 1.165) is 6.42 Å². The number of carboxylic acids is 1. The van der Waals surface area contributed by atoms with Crippen molar-refractivity contribution in [2.75, 3.05) is 0 Å². The highest BCUT2D eigenvalue weighted by molar-refractivity contribution is 5.72. The molecule has 0 spiro atoms. The van der Waals surface area contributed by atoms with Gasteiger partial charge in [-0.3, -0.25) is 9.59 Å². The van der Waals surface area contributed by atoms with Crippen LogP contribution in [0.4, 0.5) is 0 Å². The van der Waals surface area contributed by atoms with Gasteiger partial charge in [0.25, 0.3) is 0 Å². The standard InChI is InChI=1S/C11H18O4/c1-3-5-6-7-11(14)15-9(4-2)8-10(12)13/h5-6,9H,3-4,7-8H2,1-2H3,(H,12,13)/b6-5+. The number of allylic oxidation sites excluding steroid dienone is 1. The summed E-state index contributed by atoms with van der Waals surface area (Å²) in [6.45, 7) is 3.77. The second-order valence-electron chi connectivity index (χ2n) is 3.20. The van der Waals surface area contributed by atoms with E-state index in [1.165, 1.54) is 0 Å². The first-order valence-electron chi connectivity index (χ1n) is 5.16. The zero-order chi connectivity index (χ0) is 11.7. The fourth-order valence-electron chi connectivity index (χ4n) is 1.04. The number of rotatable bonds is 7. The summed E-state index contributed by atoms with van der Waals surface area (Å²) >= 11 is 0. The third-order valence-corrected chi connectivity index (χ3v) is 1.84. The van der Waals surface area contributed by atoms with Crippen LogP contribution in [0.1, 0.15) is 39.5 Å². The average molecular weight is 214 g/mol. The molecule has 4 nitrogen and oxygen atoms in total. The number of esters is 1. The molecule has 0 saturated heterocycles. The van der Waals surface area contributed by atoms with Crippen LogP contribution in [0.2, 0.25) is 0 Å². The largest absolute Gasteiger partial charge is 0.481 e. The fourth-order valence-corrected chi connectivity index (χ4v) is 1.04. The van der Waals surface area contributed by atoms with Gasteiger partial charge in [0.15, 0.2) is 0 Å². The van der Waals surface area contributed by atoms with Crippen molar-refractivity contribution in [1.82, 2.24) is 0 Å². The van der Waals surface area contributed by atoms with Crippen LogP contribution in [0, 0.1) is 0 Å². The summed E-state index contributed by atoms with van der Waals surface area (Å²) in [6, 6.07) is 0. The van der Waals surface area contributed by atoms with E-state index in [9.17, 15) is 9.59 Å².